The zero-order chi connectivity index (χ0) is 13.6. The molecule has 1 saturated heterocycles. The van der Waals surface area contributed by atoms with Crippen LogP contribution >= 0.6 is 0 Å². The summed E-state index contributed by atoms with van der Waals surface area (Å²) >= 11 is 0. The van der Waals surface area contributed by atoms with Crippen LogP contribution in [0.2, 0.25) is 0 Å². The molecule has 1 N–H and O–H groups in total. The van der Waals surface area contributed by atoms with Crippen molar-refractivity contribution in [1.82, 2.24) is 10.2 Å². The molecule has 108 valence electrons. The fourth-order valence-corrected chi connectivity index (χ4v) is 2.78. The van der Waals surface area contributed by atoms with Crippen molar-refractivity contribution in [3.05, 3.63) is 0 Å². The van der Waals surface area contributed by atoms with Gasteiger partial charge in [0.2, 0.25) is 0 Å². The van der Waals surface area contributed by atoms with Crippen LogP contribution in [0, 0.1) is 5.92 Å². The molecule has 0 bridgehead atoms. The summed E-state index contributed by atoms with van der Waals surface area (Å²) in [6, 6.07) is 0.393. The summed E-state index contributed by atoms with van der Waals surface area (Å²) < 4.78 is 10.8. The number of likely N-dealkylation sites (tertiary alicyclic amines) is 1. The summed E-state index contributed by atoms with van der Waals surface area (Å²) in [6.07, 6.45) is 2.39. The third-order valence-electron chi connectivity index (χ3n) is 4.22. The van der Waals surface area contributed by atoms with Gasteiger partial charge < -0.3 is 19.7 Å². The number of nitrogens with zero attached hydrogens (tertiary/aromatic N) is 1. The fraction of sp³-hybridized carbons (Fsp3) is 1.00. The van der Waals surface area contributed by atoms with Crippen molar-refractivity contribution in [1.29, 1.82) is 0 Å². The molecule has 1 heterocycles. The Morgan fingerprint density at radius 2 is 2.11 bits per heavy atom. The van der Waals surface area contributed by atoms with Crippen LogP contribution in [0.1, 0.15) is 26.7 Å². The highest BCUT2D eigenvalue weighted by molar-refractivity contribution is 4.86. The minimum absolute atomic E-state index is 0.111. The maximum atomic E-state index is 5.56. The third-order valence-corrected chi connectivity index (χ3v) is 4.22. The van der Waals surface area contributed by atoms with Gasteiger partial charge in [0.25, 0.3) is 0 Å². The Morgan fingerprint density at radius 1 is 1.39 bits per heavy atom. The number of methoxy groups -OCH3 is 2. The lowest BCUT2D eigenvalue weighted by Crippen LogP contribution is -2.48. The Balaban J connectivity index is 2.32. The molecular weight excluding hydrogens is 228 g/mol. The van der Waals surface area contributed by atoms with E-state index in [1.54, 1.807) is 14.2 Å². The van der Waals surface area contributed by atoms with Crippen LogP contribution < -0.4 is 5.32 Å². The molecule has 2 atom stereocenters. The molecule has 0 aliphatic carbocycles. The van der Waals surface area contributed by atoms with Gasteiger partial charge in [0.15, 0.2) is 0 Å². The molecule has 0 aromatic heterocycles. The molecule has 0 aromatic carbocycles. The second kappa shape index (κ2) is 7.43. The number of nitrogens with one attached hydrogen (secondary N) is 1. The summed E-state index contributed by atoms with van der Waals surface area (Å²) in [7, 11) is 5.60. The van der Waals surface area contributed by atoms with Crippen molar-refractivity contribution in [2.24, 2.45) is 5.92 Å². The topological polar surface area (TPSA) is 33.7 Å². The lowest BCUT2D eigenvalue weighted by Gasteiger charge is -2.34. The third kappa shape index (κ3) is 4.50. The average Bonchev–Trinajstić information content (AvgIpc) is 2.78. The standard InChI is InChI=1S/C14H30N2O2/c1-14(2,18-5)13(15-3)7-9-16-8-6-12(10-16)11-17-4/h12-13,15H,6-11H2,1-5H3. The average molecular weight is 258 g/mol. The van der Waals surface area contributed by atoms with Gasteiger partial charge >= 0.3 is 0 Å². The molecule has 4 nitrogen and oxygen atoms in total. The van der Waals surface area contributed by atoms with Gasteiger partial charge in [-0.15, -0.1) is 0 Å². The van der Waals surface area contributed by atoms with Crippen molar-refractivity contribution in [2.75, 3.05) is 47.5 Å². The summed E-state index contributed by atoms with van der Waals surface area (Å²) in [6.45, 7) is 8.71. The zero-order valence-corrected chi connectivity index (χ0v) is 12.7. The summed E-state index contributed by atoms with van der Waals surface area (Å²) in [5.41, 5.74) is -0.111. The number of hydrogen-bond acceptors (Lipinski definition) is 4. The lowest BCUT2D eigenvalue weighted by molar-refractivity contribution is -0.0124. The fourth-order valence-electron chi connectivity index (χ4n) is 2.78. The van der Waals surface area contributed by atoms with E-state index in [0.29, 0.717) is 6.04 Å². The number of rotatable bonds is 8. The Morgan fingerprint density at radius 3 is 2.67 bits per heavy atom. The van der Waals surface area contributed by atoms with Crippen molar-refractivity contribution >= 4 is 0 Å². The molecule has 18 heavy (non-hydrogen) atoms. The van der Waals surface area contributed by atoms with E-state index in [1.807, 2.05) is 7.05 Å². The molecule has 1 rings (SSSR count). The Labute approximate surface area is 112 Å². The first-order chi connectivity index (χ1) is 8.53. The van der Waals surface area contributed by atoms with Crippen LogP contribution in [0.25, 0.3) is 0 Å². The Bertz CT molecular complexity index is 234. The Kier molecular flexibility index (Phi) is 6.57. The first kappa shape index (κ1) is 15.9. The SMILES string of the molecule is CNC(CCN1CCC(COC)C1)C(C)(C)OC. The van der Waals surface area contributed by atoms with Gasteiger partial charge in [0, 0.05) is 26.8 Å². The molecule has 0 radical (unpaired) electrons. The molecule has 4 heteroatoms. The highest BCUT2D eigenvalue weighted by Crippen LogP contribution is 2.20. The van der Waals surface area contributed by atoms with Crippen LogP contribution in [0.15, 0.2) is 0 Å². The predicted octanol–water partition coefficient (Wildman–Crippen LogP) is 1.36. The van der Waals surface area contributed by atoms with Gasteiger partial charge in [0.05, 0.1) is 12.2 Å². The normalized spacial score (nSPS) is 23.5. The second-order valence-corrected chi connectivity index (χ2v) is 5.85. The minimum atomic E-state index is -0.111. The van der Waals surface area contributed by atoms with E-state index >= 15 is 0 Å². The molecule has 1 fully saturated rings. The van der Waals surface area contributed by atoms with E-state index in [1.165, 1.54) is 19.5 Å². The predicted molar refractivity (Wildman–Crippen MR) is 75.0 cm³/mol. The Hall–Kier alpha value is -0.160. The van der Waals surface area contributed by atoms with E-state index in [0.717, 1.165) is 25.5 Å². The molecular formula is C14H30N2O2. The van der Waals surface area contributed by atoms with Crippen molar-refractivity contribution < 1.29 is 9.47 Å². The number of ether oxygens (including phenoxy) is 2. The lowest BCUT2D eigenvalue weighted by atomic mass is 9.95. The monoisotopic (exact) mass is 258 g/mol. The zero-order valence-electron chi connectivity index (χ0n) is 12.7. The molecule has 1 aliphatic heterocycles. The minimum Gasteiger partial charge on any atom is -0.384 e. The molecule has 1 aliphatic rings. The molecule has 0 saturated carbocycles. The van der Waals surface area contributed by atoms with Crippen LogP contribution in [-0.4, -0.2) is 64.1 Å². The second-order valence-electron chi connectivity index (χ2n) is 5.85. The summed E-state index contributed by atoms with van der Waals surface area (Å²) in [5.74, 6) is 0.721. The van der Waals surface area contributed by atoms with Crippen LogP contribution in [0.4, 0.5) is 0 Å². The van der Waals surface area contributed by atoms with Crippen LogP contribution in [-0.2, 0) is 9.47 Å². The molecule has 0 spiro atoms. The van der Waals surface area contributed by atoms with Gasteiger partial charge in [-0.25, -0.2) is 0 Å². The van der Waals surface area contributed by atoms with E-state index in [2.05, 4.69) is 24.1 Å². The van der Waals surface area contributed by atoms with Crippen LogP contribution in [0.5, 0.6) is 0 Å². The largest absolute Gasteiger partial charge is 0.384 e. The van der Waals surface area contributed by atoms with Gasteiger partial charge in [0.1, 0.15) is 0 Å². The highest BCUT2D eigenvalue weighted by atomic mass is 16.5. The van der Waals surface area contributed by atoms with Gasteiger partial charge in [-0.1, -0.05) is 0 Å². The van der Waals surface area contributed by atoms with E-state index in [-0.39, 0.29) is 5.60 Å². The van der Waals surface area contributed by atoms with E-state index < -0.39 is 0 Å². The molecule has 0 amide bonds. The number of hydrogen-bond donors (Lipinski definition) is 1. The molecule has 0 aromatic rings. The van der Waals surface area contributed by atoms with Gasteiger partial charge in [-0.05, 0) is 52.7 Å². The summed E-state index contributed by atoms with van der Waals surface area (Å²) in [4.78, 5) is 2.54. The first-order valence-corrected chi connectivity index (χ1v) is 6.97. The highest BCUT2D eigenvalue weighted by Gasteiger charge is 2.29. The van der Waals surface area contributed by atoms with Gasteiger partial charge in [-0.3, -0.25) is 0 Å². The molecule has 2 unspecified atom stereocenters. The van der Waals surface area contributed by atoms with E-state index in [4.69, 9.17) is 9.47 Å². The number of likely N-dealkylation sites (N-methyl/N-ethyl adjacent to an activating group) is 1. The van der Waals surface area contributed by atoms with Crippen molar-refractivity contribution in [3.63, 3.8) is 0 Å². The smallest absolute Gasteiger partial charge is 0.0775 e. The quantitative estimate of drug-likeness (QED) is 0.713. The van der Waals surface area contributed by atoms with Crippen molar-refractivity contribution in [3.8, 4) is 0 Å². The van der Waals surface area contributed by atoms with Crippen LogP contribution in [0.3, 0.4) is 0 Å². The summed E-state index contributed by atoms with van der Waals surface area (Å²) in [5, 5.41) is 3.38. The maximum Gasteiger partial charge on any atom is 0.0775 e. The van der Waals surface area contributed by atoms with Crippen molar-refractivity contribution in [2.45, 2.75) is 38.3 Å². The van der Waals surface area contributed by atoms with Gasteiger partial charge in [-0.2, -0.15) is 0 Å². The van der Waals surface area contributed by atoms with E-state index in [9.17, 15) is 0 Å². The maximum absolute atomic E-state index is 5.56. The first-order valence-electron chi connectivity index (χ1n) is 6.97.